The van der Waals surface area contributed by atoms with Crippen molar-refractivity contribution in [2.24, 2.45) is 0 Å². The Morgan fingerprint density at radius 3 is 2.79 bits per heavy atom. The van der Waals surface area contributed by atoms with Gasteiger partial charge in [0.05, 0.1) is 4.91 Å². The zero-order valence-corrected chi connectivity index (χ0v) is 11.5. The summed E-state index contributed by atoms with van der Waals surface area (Å²) in [5.41, 5.74) is 3.64. The molecule has 2 aromatic rings. The molecular formula is C12H9ClN4OS. The number of aromatic nitrogens is 3. The van der Waals surface area contributed by atoms with Crippen LogP contribution >= 0.6 is 23.4 Å². The molecule has 5 nitrogen and oxygen atoms in total. The number of fused-ring (bicyclic) bond motifs is 1. The third-order valence-corrected chi connectivity index (χ3v) is 3.82. The van der Waals surface area contributed by atoms with Gasteiger partial charge in [0.1, 0.15) is 5.82 Å². The molecule has 1 aliphatic rings. The van der Waals surface area contributed by atoms with Crippen molar-refractivity contribution >= 4 is 35.3 Å². The maximum absolute atomic E-state index is 12.0. The average Bonchev–Trinajstić information content (AvgIpc) is 2.74. The number of hydrogen-bond donors (Lipinski definition) is 1. The zero-order valence-electron chi connectivity index (χ0n) is 9.92. The Morgan fingerprint density at radius 2 is 2.05 bits per heavy atom. The molecule has 1 aliphatic heterocycles. The van der Waals surface area contributed by atoms with E-state index in [1.165, 1.54) is 11.8 Å². The van der Waals surface area contributed by atoms with Crippen LogP contribution in [0.3, 0.4) is 0 Å². The lowest BCUT2D eigenvalue weighted by atomic mass is 10.2. The number of carbonyl (C=O) groups is 1. The van der Waals surface area contributed by atoms with Crippen molar-refractivity contribution in [1.82, 2.24) is 14.9 Å². The number of nitrogens with zero attached hydrogens (tertiary/aromatic N) is 3. The molecule has 96 valence electrons. The van der Waals surface area contributed by atoms with Crippen LogP contribution in [0.25, 0.3) is 6.08 Å². The van der Waals surface area contributed by atoms with Gasteiger partial charge >= 0.3 is 0 Å². The number of thioether (sulfide) groups is 1. The van der Waals surface area contributed by atoms with Crippen LogP contribution in [0.5, 0.6) is 0 Å². The maximum atomic E-state index is 12.0. The summed E-state index contributed by atoms with van der Waals surface area (Å²) in [5, 5.41) is 9.23. The van der Waals surface area contributed by atoms with Gasteiger partial charge < -0.3 is 0 Å². The highest BCUT2D eigenvalue weighted by Crippen LogP contribution is 2.30. The van der Waals surface area contributed by atoms with E-state index in [4.69, 9.17) is 11.6 Å². The first-order valence-corrected chi connectivity index (χ1v) is 6.71. The molecule has 7 heteroatoms. The van der Waals surface area contributed by atoms with E-state index in [1.54, 1.807) is 29.8 Å². The summed E-state index contributed by atoms with van der Waals surface area (Å²) in [6.07, 6.45) is 1.80. The van der Waals surface area contributed by atoms with Crippen LogP contribution in [-0.2, 0) is 4.79 Å². The Balaban J connectivity index is 1.94. The first kappa shape index (κ1) is 12.3. The predicted octanol–water partition coefficient (Wildman–Crippen LogP) is 2.46. The number of halogens is 1. The fourth-order valence-electron chi connectivity index (χ4n) is 1.64. The van der Waals surface area contributed by atoms with Crippen molar-refractivity contribution in [3.8, 4) is 0 Å². The number of aryl methyl sites for hydroxylation is 1. The lowest BCUT2D eigenvalue weighted by Gasteiger charge is -2.16. The van der Waals surface area contributed by atoms with E-state index in [-0.39, 0.29) is 5.91 Å². The lowest BCUT2D eigenvalue weighted by molar-refractivity contribution is -0.113. The Labute approximate surface area is 118 Å². The number of carbonyl (C=O) groups excluding carboxylic acids is 1. The molecule has 0 saturated carbocycles. The number of rotatable bonds is 1. The van der Waals surface area contributed by atoms with E-state index in [0.29, 0.717) is 20.9 Å². The molecule has 0 bridgehead atoms. The molecule has 1 aromatic carbocycles. The second-order valence-corrected chi connectivity index (χ2v) is 5.41. The van der Waals surface area contributed by atoms with Crippen molar-refractivity contribution in [3.05, 3.63) is 45.6 Å². The van der Waals surface area contributed by atoms with E-state index >= 15 is 0 Å². The molecule has 1 N–H and O–H groups in total. The van der Waals surface area contributed by atoms with Gasteiger partial charge in [-0.3, -0.25) is 10.2 Å². The van der Waals surface area contributed by atoms with Gasteiger partial charge in [0.2, 0.25) is 5.16 Å². The second kappa shape index (κ2) is 4.71. The Kier molecular flexibility index (Phi) is 3.04. The third kappa shape index (κ3) is 2.36. The van der Waals surface area contributed by atoms with Crippen LogP contribution in [0.1, 0.15) is 11.4 Å². The van der Waals surface area contributed by atoms with E-state index in [2.05, 4.69) is 15.6 Å². The van der Waals surface area contributed by atoms with Crippen molar-refractivity contribution in [3.63, 3.8) is 0 Å². The molecule has 19 heavy (non-hydrogen) atoms. The minimum atomic E-state index is -0.171. The molecule has 3 rings (SSSR count). The fraction of sp³-hybridized carbons (Fsp3) is 0.0833. The molecule has 1 aromatic heterocycles. The highest BCUT2D eigenvalue weighted by Gasteiger charge is 2.24. The molecule has 0 spiro atoms. The van der Waals surface area contributed by atoms with Crippen LogP contribution in [0.2, 0.25) is 5.02 Å². The largest absolute Gasteiger partial charge is 0.277 e. The summed E-state index contributed by atoms with van der Waals surface area (Å²) in [6, 6.07) is 7.28. The molecule has 0 fully saturated rings. The summed E-state index contributed by atoms with van der Waals surface area (Å²) >= 11 is 7.12. The molecule has 0 aliphatic carbocycles. The third-order valence-electron chi connectivity index (χ3n) is 2.60. The van der Waals surface area contributed by atoms with Crippen LogP contribution in [0.15, 0.2) is 34.3 Å². The number of hydrogen-bond acceptors (Lipinski definition) is 4. The molecule has 0 atom stereocenters. The van der Waals surface area contributed by atoms with E-state index in [0.717, 1.165) is 5.56 Å². The summed E-state index contributed by atoms with van der Waals surface area (Å²) in [4.78, 5) is 12.5. The van der Waals surface area contributed by atoms with E-state index in [1.807, 2.05) is 12.1 Å². The number of nitrogens with one attached hydrogen (secondary N) is 1. The quantitative estimate of drug-likeness (QED) is 0.820. The van der Waals surface area contributed by atoms with Crippen molar-refractivity contribution in [1.29, 1.82) is 0 Å². The van der Waals surface area contributed by atoms with Crippen molar-refractivity contribution in [2.45, 2.75) is 12.1 Å². The van der Waals surface area contributed by atoms with Gasteiger partial charge in [-0.15, -0.1) is 10.2 Å². The van der Waals surface area contributed by atoms with Gasteiger partial charge in [-0.05, 0) is 42.5 Å². The maximum Gasteiger partial charge on any atom is 0.277 e. The molecular weight excluding hydrogens is 284 g/mol. The number of benzene rings is 1. The first-order chi connectivity index (χ1) is 9.13. The fourth-order valence-corrected chi connectivity index (χ4v) is 2.65. The topological polar surface area (TPSA) is 59.8 Å². The van der Waals surface area contributed by atoms with Crippen LogP contribution in [0.4, 0.5) is 0 Å². The molecule has 0 unspecified atom stereocenters. The Morgan fingerprint density at radius 1 is 1.32 bits per heavy atom. The smallest absolute Gasteiger partial charge is 0.267 e. The predicted molar refractivity (Wildman–Crippen MR) is 74.4 cm³/mol. The SMILES string of the molecule is Cc1nnc2n1NC(=O)/C(=C\c1ccc(Cl)cc1)S2. The molecule has 1 amide bonds. The van der Waals surface area contributed by atoms with Crippen LogP contribution in [0, 0.1) is 6.92 Å². The number of amides is 1. The van der Waals surface area contributed by atoms with Gasteiger partial charge in [0.15, 0.2) is 0 Å². The Hall–Kier alpha value is -1.79. The minimum absolute atomic E-state index is 0.171. The van der Waals surface area contributed by atoms with Crippen LogP contribution < -0.4 is 5.43 Å². The minimum Gasteiger partial charge on any atom is -0.267 e. The Bertz CT molecular complexity index is 678. The first-order valence-electron chi connectivity index (χ1n) is 5.52. The van der Waals surface area contributed by atoms with Crippen molar-refractivity contribution < 1.29 is 4.79 Å². The lowest BCUT2D eigenvalue weighted by Crippen LogP contribution is -2.28. The van der Waals surface area contributed by atoms with Crippen molar-refractivity contribution in [2.75, 3.05) is 5.43 Å². The van der Waals surface area contributed by atoms with E-state index in [9.17, 15) is 4.79 Å². The highest BCUT2D eigenvalue weighted by atomic mass is 35.5. The molecule has 0 saturated heterocycles. The van der Waals surface area contributed by atoms with Gasteiger partial charge in [-0.2, -0.15) is 0 Å². The average molecular weight is 293 g/mol. The van der Waals surface area contributed by atoms with E-state index < -0.39 is 0 Å². The van der Waals surface area contributed by atoms with Gasteiger partial charge in [-0.1, -0.05) is 23.7 Å². The van der Waals surface area contributed by atoms with Gasteiger partial charge in [0.25, 0.3) is 5.91 Å². The summed E-state index contributed by atoms with van der Waals surface area (Å²) in [5.74, 6) is 0.483. The van der Waals surface area contributed by atoms with Crippen LogP contribution in [-0.4, -0.2) is 20.8 Å². The van der Waals surface area contributed by atoms with Gasteiger partial charge in [0, 0.05) is 5.02 Å². The second-order valence-electron chi connectivity index (χ2n) is 3.97. The highest BCUT2D eigenvalue weighted by molar-refractivity contribution is 8.04. The normalized spacial score (nSPS) is 16.3. The summed E-state index contributed by atoms with van der Waals surface area (Å²) in [7, 11) is 0. The zero-order chi connectivity index (χ0) is 13.4. The van der Waals surface area contributed by atoms with Gasteiger partial charge in [-0.25, -0.2) is 4.68 Å². The molecule has 0 radical (unpaired) electrons. The standard InChI is InChI=1S/C12H9ClN4OS/c1-7-14-15-12-17(7)16-11(18)10(19-12)6-8-2-4-9(13)5-3-8/h2-6H,1H3,(H,16,18)/b10-6+. The summed E-state index contributed by atoms with van der Waals surface area (Å²) in [6.45, 7) is 1.78. The summed E-state index contributed by atoms with van der Waals surface area (Å²) < 4.78 is 1.58. The monoisotopic (exact) mass is 292 g/mol. The molecule has 2 heterocycles.